The highest BCUT2D eigenvalue weighted by Gasteiger charge is 2.43. The fourth-order valence-electron chi connectivity index (χ4n) is 2.61. The second kappa shape index (κ2) is 5.47. The van der Waals surface area contributed by atoms with E-state index >= 15 is 0 Å². The van der Waals surface area contributed by atoms with E-state index in [0.717, 1.165) is 0 Å². The molecular formula is C14H17ClFNO2. The normalized spacial score (nSPS) is 23.7. The summed E-state index contributed by atoms with van der Waals surface area (Å²) < 4.78 is 13.7. The molecule has 0 amide bonds. The van der Waals surface area contributed by atoms with Crippen LogP contribution < -0.4 is 0 Å². The standard InChI is InChI=1S/C14H17ClFNO2/c1-2-14(13(18)19)6-7-17(9-14)8-10-11(15)4-3-5-12(10)16/h3-5H,2,6-9H2,1H3,(H,18,19). The number of rotatable bonds is 4. The molecule has 3 nitrogen and oxygen atoms in total. The van der Waals surface area contributed by atoms with Crippen LogP contribution in [-0.4, -0.2) is 29.1 Å². The highest BCUT2D eigenvalue weighted by atomic mass is 35.5. The van der Waals surface area contributed by atoms with Gasteiger partial charge in [0.2, 0.25) is 0 Å². The summed E-state index contributed by atoms with van der Waals surface area (Å²) >= 11 is 5.99. The predicted octanol–water partition coefficient (Wildman–Crippen LogP) is 3.17. The van der Waals surface area contributed by atoms with Gasteiger partial charge in [-0.3, -0.25) is 9.69 Å². The third kappa shape index (κ3) is 2.74. The van der Waals surface area contributed by atoms with Crippen molar-refractivity contribution >= 4 is 17.6 Å². The molecule has 1 fully saturated rings. The largest absolute Gasteiger partial charge is 0.481 e. The molecule has 5 heteroatoms. The van der Waals surface area contributed by atoms with Crippen LogP contribution in [0.1, 0.15) is 25.3 Å². The van der Waals surface area contributed by atoms with Crippen molar-refractivity contribution in [2.45, 2.75) is 26.3 Å². The maximum atomic E-state index is 13.7. The van der Waals surface area contributed by atoms with Gasteiger partial charge in [-0.1, -0.05) is 24.6 Å². The summed E-state index contributed by atoms with van der Waals surface area (Å²) in [7, 11) is 0. The highest BCUT2D eigenvalue weighted by molar-refractivity contribution is 6.31. The van der Waals surface area contributed by atoms with Gasteiger partial charge in [0.05, 0.1) is 5.41 Å². The second-order valence-electron chi connectivity index (χ2n) is 5.10. The third-order valence-electron chi connectivity index (χ3n) is 4.01. The molecule has 1 unspecified atom stereocenters. The smallest absolute Gasteiger partial charge is 0.310 e. The van der Waals surface area contributed by atoms with E-state index in [9.17, 15) is 14.3 Å². The van der Waals surface area contributed by atoms with Crippen LogP contribution in [0.4, 0.5) is 4.39 Å². The average Bonchev–Trinajstić information content (AvgIpc) is 2.79. The molecule has 1 N–H and O–H groups in total. The van der Waals surface area contributed by atoms with E-state index in [4.69, 9.17) is 11.6 Å². The topological polar surface area (TPSA) is 40.5 Å². The molecule has 1 aliphatic rings. The maximum absolute atomic E-state index is 13.7. The number of carbonyl (C=O) groups is 1. The van der Waals surface area contributed by atoms with Crippen LogP contribution in [0, 0.1) is 11.2 Å². The second-order valence-corrected chi connectivity index (χ2v) is 5.51. The van der Waals surface area contributed by atoms with Crippen LogP contribution in [0.2, 0.25) is 5.02 Å². The van der Waals surface area contributed by atoms with Gasteiger partial charge in [-0.2, -0.15) is 0 Å². The summed E-state index contributed by atoms with van der Waals surface area (Å²) in [4.78, 5) is 13.3. The predicted molar refractivity (Wildman–Crippen MR) is 71.7 cm³/mol. The molecule has 1 aliphatic heterocycles. The maximum Gasteiger partial charge on any atom is 0.310 e. The number of aliphatic carboxylic acids is 1. The molecule has 1 heterocycles. The number of carboxylic acids is 1. The quantitative estimate of drug-likeness (QED) is 0.924. The van der Waals surface area contributed by atoms with Crippen LogP contribution in [-0.2, 0) is 11.3 Å². The molecule has 0 radical (unpaired) electrons. The van der Waals surface area contributed by atoms with Crippen molar-refractivity contribution in [1.82, 2.24) is 4.90 Å². The van der Waals surface area contributed by atoms with Crippen LogP contribution in [0.3, 0.4) is 0 Å². The first kappa shape index (κ1) is 14.3. The summed E-state index contributed by atoms with van der Waals surface area (Å²) in [5, 5.41) is 9.72. The van der Waals surface area contributed by atoms with Gasteiger partial charge in [-0.15, -0.1) is 0 Å². The van der Waals surface area contributed by atoms with E-state index in [1.807, 2.05) is 11.8 Å². The zero-order valence-corrected chi connectivity index (χ0v) is 11.6. The van der Waals surface area contributed by atoms with Crippen LogP contribution in [0.25, 0.3) is 0 Å². The molecule has 0 bridgehead atoms. The Balaban J connectivity index is 2.13. The number of carboxylic acid groups (broad SMARTS) is 1. The molecule has 104 valence electrons. The molecule has 2 rings (SSSR count). The van der Waals surface area contributed by atoms with E-state index in [1.54, 1.807) is 12.1 Å². The monoisotopic (exact) mass is 285 g/mol. The lowest BCUT2D eigenvalue weighted by Gasteiger charge is -2.23. The number of hydrogen-bond donors (Lipinski definition) is 1. The van der Waals surface area contributed by atoms with Gasteiger partial charge in [0.1, 0.15) is 5.82 Å². The fourth-order valence-corrected chi connectivity index (χ4v) is 2.84. The molecule has 0 saturated carbocycles. The number of halogens is 2. The van der Waals surface area contributed by atoms with Crippen molar-refractivity contribution in [2.75, 3.05) is 13.1 Å². The van der Waals surface area contributed by atoms with Crippen molar-refractivity contribution < 1.29 is 14.3 Å². The number of benzene rings is 1. The zero-order valence-electron chi connectivity index (χ0n) is 10.8. The van der Waals surface area contributed by atoms with Crippen molar-refractivity contribution in [2.24, 2.45) is 5.41 Å². The summed E-state index contributed by atoms with van der Waals surface area (Å²) in [6, 6.07) is 4.60. The Labute approximate surface area is 117 Å². The number of hydrogen-bond acceptors (Lipinski definition) is 2. The first-order valence-corrected chi connectivity index (χ1v) is 6.75. The van der Waals surface area contributed by atoms with E-state index in [1.165, 1.54) is 6.07 Å². The Morgan fingerprint density at radius 3 is 2.84 bits per heavy atom. The minimum Gasteiger partial charge on any atom is -0.481 e. The van der Waals surface area contributed by atoms with Crippen LogP contribution in [0.15, 0.2) is 18.2 Å². The van der Waals surface area contributed by atoms with Gasteiger partial charge in [-0.25, -0.2) is 4.39 Å². The first-order chi connectivity index (χ1) is 8.98. The summed E-state index contributed by atoms with van der Waals surface area (Å²) in [5.74, 6) is -1.10. The van der Waals surface area contributed by atoms with E-state index in [2.05, 4.69) is 0 Å². The lowest BCUT2D eigenvalue weighted by atomic mass is 9.84. The Hall–Kier alpha value is -1.13. The molecule has 0 aromatic heterocycles. The Bertz CT molecular complexity index is 474. The van der Waals surface area contributed by atoms with Crippen LogP contribution in [0.5, 0.6) is 0 Å². The first-order valence-electron chi connectivity index (χ1n) is 6.37. The van der Waals surface area contributed by atoms with Crippen molar-refractivity contribution in [1.29, 1.82) is 0 Å². The van der Waals surface area contributed by atoms with E-state index < -0.39 is 11.4 Å². The van der Waals surface area contributed by atoms with E-state index in [-0.39, 0.29) is 5.82 Å². The van der Waals surface area contributed by atoms with Crippen molar-refractivity contribution in [3.63, 3.8) is 0 Å². The zero-order chi connectivity index (χ0) is 14.0. The minimum absolute atomic E-state index is 0.336. The Morgan fingerprint density at radius 1 is 1.58 bits per heavy atom. The van der Waals surface area contributed by atoms with Crippen molar-refractivity contribution in [3.05, 3.63) is 34.6 Å². The van der Waals surface area contributed by atoms with E-state index in [0.29, 0.717) is 43.1 Å². The van der Waals surface area contributed by atoms with Gasteiger partial charge < -0.3 is 5.11 Å². The van der Waals surface area contributed by atoms with Gasteiger partial charge in [0.25, 0.3) is 0 Å². The Kier molecular flexibility index (Phi) is 4.11. The highest BCUT2D eigenvalue weighted by Crippen LogP contribution is 2.35. The molecule has 19 heavy (non-hydrogen) atoms. The molecule has 0 aliphatic carbocycles. The average molecular weight is 286 g/mol. The lowest BCUT2D eigenvalue weighted by molar-refractivity contribution is -0.148. The molecule has 1 aromatic carbocycles. The van der Waals surface area contributed by atoms with Gasteiger partial charge in [-0.05, 0) is 31.5 Å². The number of nitrogens with zero attached hydrogens (tertiary/aromatic N) is 1. The Morgan fingerprint density at radius 2 is 2.32 bits per heavy atom. The SMILES string of the molecule is CCC1(C(=O)O)CCN(Cc2c(F)cccc2Cl)C1. The molecule has 1 saturated heterocycles. The van der Waals surface area contributed by atoms with Gasteiger partial charge in [0, 0.05) is 23.7 Å². The lowest BCUT2D eigenvalue weighted by Crippen LogP contribution is -2.34. The summed E-state index contributed by atoms with van der Waals surface area (Å²) in [6.45, 7) is 3.35. The van der Waals surface area contributed by atoms with Crippen molar-refractivity contribution in [3.8, 4) is 0 Å². The summed E-state index contributed by atoms with van der Waals surface area (Å²) in [6.07, 6.45) is 1.19. The van der Waals surface area contributed by atoms with Gasteiger partial charge in [0.15, 0.2) is 0 Å². The molecule has 1 aromatic rings. The fraction of sp³-hybridized carbons (Fsp3) is 0.500. The number of likely N-dealkylation sites (tertiary alicyclic amines) is 1. The molecular weight excluding hydrogens is 269 g/mol. The minimum atomic E-state index is -0.767. The third-order valence-corrected chi connectivity index (χ3v) is 4.36. The molecule has 1 atom stereocenters. The summed E-state index contributed by atoms with van der Waals surface area (Å²) in [5.41, 5.74) is -0.251. The molecule has 0 spiro atoms. The van der Waals surface area contributed by atoms with Crippen LogP contribution >= 0.6 is 11.6 Å². The van der Waals surface area contributed by atoms with Gasteiger partial charge >= 0.3 is 5.97 Å².